The fourth-order valence-corrected chi connectivity index (χ4v) is 2.19. The molecular weight excluding hydrogens is 568 g/mol. The molecule has 0 aromatic rings. The predicted octanol–water partition coefficient (Wildman–Crippen LogP) is 4.95. The fourth-order valence-electron chi connectivity index (χ4n) is 2.19. The molecular formula is C29H57ClMgO10. The molecule has 0 unspecified atom stereocenters. The minimum Gasteiger partial charge on any atom is -1.00 e. The summed E-state index contributed by atoms with van der Waals surface area (Å²) in [6, 6.07) is 0. The van der Waals surface area contributed by atoms with Crippen molar-refractivity contribution in [2.75, 3.05) is 87.3 Å². The van der Waals surface area contributed by atoms with Crippen LogP contribution in [0.15, 0.2) is 0 Å². The van der Waals surface area contributed by atoms with E-state index in [-0.39, 0.29) is 24.5 Å². The largest absolute Gasteiger partial charge is 2.00 e. The van der Waals surface area contributed by atoms with E-state index in [9.17, 15) is 0 Å². The van der Waals surface area contributed by atoms with E-state index in [0.717, 1.165) is 13.2 Å². The van der Waals surface area contributed by atoms with Crippen molar-refractivity contribution in [1.82, 2.24) is 0 Å². The van der Waals surface area contributed by atoms with Crippen LogP contribution >= 0.6 is 11.6 Å². The van der Waals surface area contributed by atoms with Crippen LogP contribution in [0.25, 0.3) is 0 Å². The van der Waals surface area contributed by atoms with Gasteiger partial charge >= 0.3 is 23.1 Å². The minimum atomic E-state index is -0.472. The van der Waals surface area contributed by atoms with Crippen molar-refractivity contribution in [1.29, 1.82) is 0 Å². The Bertz CT molecular complexity index is 505. The molecule has 1 rings (SSSR count). The summed E-state index contributed by atoms with van der Waals surface area (Å²) < 4.78 is 49.9. The average molecular weight is 626 g/mol. The van der Waals surface area contributed by atoms with Crippen LogP contribution < -0.4 is 0 Å². The summed E-state index contributed by atoms with van der Waals surface area (Å²) in [5.41, 5.74) is 0. The maximum atomic E-state index is 5.25. The Hall–Kier alpha value is -0.224. The Morgan fingerprint density at radius 1 is 0.756 bits per heavy atom. The van der Waals surface area contributed by atoms with Gasteiger partial charge in [-0.25, -0.2) is 0 Å². The molecule has 1 heterocycles. The Kier molecular flexibility index (Phi) is 64.4. The molecule has 0 N–H and O–H groups in total. The molecule has 242 valence electrons. The first-order chi connectivity index (χ1) is 19.6. The topological polar surface area (TPSA) is 92.3 Å². The van der Waals surface area contributed by atoms with Crippen LogP contribution in [-0.2, 0) is 47.4 Å². The monoisotopic (exact) mass is 624 g/mol. The summed E-state index contributed by atoms with van der Waals surface area (Å²) in [4.78, 5) is 0. The zero-order valence-corrected chi connectivity index (χ0v) is 28.9. The molecule has 0 atom stereocenters. The third kappa shape index (κ3) is 52.8. The van der Waals surface area contributed by atoms with E-state index < -0.39 is 12.8 Å². The molecule has 12 heteroatoms. The van der Waals surface area contributed by atoms with E-state index in [1.807, 2.05) is 34.6 Å². The van der Waals surface area contributed by atoms with Crippen molar-refractivity contribution in [2.45, 2.75) is 73.1 Å². The molecule has 1 aliphatic rings. The van der Waals surface area contributed by atoms with Crippen molar-refractivity contribution < 1.29 is 48.8 Å². The second-order valence-corrected chi connectivity index (χ2v) is 6.87. The molecule has 0 radical (unpaired) electrons. The van der Waals surface area contributed by atoms with Gasteiger partial charge in [-0.3, -0.25) is 6.38 Å². The van der Waals surface area contributed by atoms with Gasteiger partial charge in [-0.2, -0.15) is 0 Å². The van der Waals surface area contributed by atoms with Crippen LogP contribution in [0.2, 0.25) is 0 Å². The van der Waals surface area contributed by atoms with E-state index >= 15 is 0 Å². The fraction of sp³-hybridized carbons (Fsp3) is 0.828. The van der Waals surface area contributed by atoms with Crippen molar-refractivity contribution in [2.24, 2.45) is 0 Å². The van der Waals surface area contributed by atoms with Crippen LogP contribution in [0.1, 0.15) is 61.7 Å². The van der Waals surface area contributed by atoms with Gasteiger partial charge in [0.25, 0.3) is 6.48 Å². The third-order valence-corrected chi connectivity index (χ3v) is 3.76. The summed E-state index contributed by atoms with van der Waals surface area (Å²) in [5.74, 6) is 8.26. The molecule has 0 saturated carbocycles. The predicted molar refractivity (Wildman–Crippen MR) is 165 cm³/mol. The standard InChI is InChI=1S/C11H20O4.C7H16O3.C6H10O2.C4H8O.CH2Cl.Mg.H/c1-4-14-11(15-5-2)8-6-7-9-13-10-12-3;1-4-8-7(9-5-2)10-6-3;1-3-4-5-8-6-7-2;1-2-4-5-3-1;1-2;;/h11H,4-5,7,9-10H2,1-3H3;7H,4-6H2,1-3H3;1H,4-6H2,2H3;1-4H2;1H2;;/q;;;;-1;+2;-1. The van der Waals surface area contributed by atoms with E-state index in [4.69, 9.17) is 49.1 Å². The number of rotatable bonds is 18. The smallest absolute Gasteiger partial charge is 1.00 e. The normalized spacial score (nSPS) is 11.1. The molecule has 0 aromatic heterocycles. The van der Waals surface area contributed by atoms with E-state index in [1.165, 1.54) is 12.8 Å². The molecule has 1 aliphatic heterocycles. The SMILES string of the molecule is C#CCCOCOC.C1CCOC1.CCOC(C#CCCOCOC)OCC.CCOC(OCC)OCC.[CH2-]Cl.[H-].[Mg+2]. The first-order valence-corrected chi connectivity index (χ1v) is 14.1. The number of terminal acetylenes is 1. The van der Waals surface area contributed by atoms with Gasteiger partial charge in [-0.15, -0.1) is 12.3 Å². The molecule has 0 amide bonds. The van der Waals surface area contributed by atoms with Crippen molar-refractivity contribution >= 4 is 34.7 Å². The minimum absolute atomic E-state index is 0. The number of hydrogen-bond acceptors (Lipinski definition) is 10. The second kappa shape index (κ2) is 52.4. The third-order valence-electron chi connectivity index (χ3n) is 3.76. The first-order valence-electron chi connectivity index (χ1n) is 13.6. The van der Waals surface area contributed by atoms with Gasteiger partial charge in [-0.1, -0.05) is 5.92 Å². The number of methoxy groups -OCH3 is 2. The summed E-state index contributed by atoms with van der Waals surface area (Å²) >= 11 is 4.39. The second-order valence-electron chi connectivity index (χ2n) is 6.87. The van der Waals surface area contributed by atoms with E-state index in [1.54, 1.807) is 14.2 Å². The number of hydrogen-bond donors (Lipinski definition) is 0. The van der Waals surface area contributed by atoms with Crippen LogP contribution in [0.4, 0.5) is 0 Å². The zero-order valence-electron chi connectivity index (χ0n) is 27.7. The van der Waals surface area contributed by atoms with E-state index in [2.05, 4.69) is 40.5 Å². The van der Waals surface area contributed by atoms with Crippen LogP contribution in [0.5, 0.6) is 0 Å². The van der Waals surface area contributed by atoms with Gasteiger partial charge in [0.2, 0.25) is 6.29 Å². The van der Waals surface area contributed by atoms with Crippen molar-refractivity contribution in [3.8, 4) is 24.2 Å². The molecule has 41 heavy (non-hydrogen) atoms. The van der Waals surface area contributed by atoms with Crippen LogP contribution in [-0.4, -0.2) is 123 Å². The Morgan fingerprint density at radius 3 is 1.49 bits per heavy atom. The average Bonchev–Trinajstić information content (AvgIpc) is 3.56. The quantitative estimate of drug-likeness (QED) is 0.0685. The maximum absolute atomic E-state index is 5.25. The van der Waals surface area contributed by atoms with Gasteiger partial charge < -0.3 is 60.4 Å². The molecule has 0 spiro atoms. The summed E-state index contributed by atoms with van der Waals surface area (Å²) in [5, 5.41) is 0. The molecule has 0 bridgehead atoms. The van der Waals surface area contributed by atoms with Gasteiger partial charge in [0.05, 0.1) is 13.2 Å². The Morgan fingerprint density at radius 2 is 1.17 bits per heavy atom. The van der Waals surface area contributed by atoms with Gasteiger partial charge in [-0.05, 0) is 53.4 Å². The van der Waals surface area contributed by atoms with Crippen molar-refractivity contribution in [3.05, 3.63) is 6.38 Å². The summed E-state index contributed by atoms with van der Waals surface area (Å²) in [7, 11) is 3.17. The zero-order chi connectivity index (χ0) is 31.0. The number of ether oxygens (including phenoxy) is 10. The van der Waals surface area contributed by atoms with Crippen LogP contribution in [0, 0.1) is 30.6 Å². The molecule has 1 fully saturated rings. The Labute approximate surface area is 273 Å². The molecule has 0 aromatic carbocycles. The summed E-state index contributed by atoms with van der Waals surface area (Å²) in [6.45, 7) is 15.9. The van der Waals surface area contributed by atoms with Crippen molar-refractivity contribution in [3.63, 3.8) is 0 Å². The summed E-state index contributed by atoms with van der Waals surface area (Å²) in [6.07, 6.45) is 11.1. The number of halogens is 1. The van der Waals surface area contributed by atoms with Gasteiger partial charge in [0.15, 0.2) is 0 Å². The van der Waals surface area contributed by atoms with E-state index in [0.29, 0.717) is 72.7 Å². The van der Waals surface area contributed by atoms with Crippen LogP contribution in [0.3, 0.4) is 0 Å². The molecule has 0 aliphatic carbocycles. The Balaban J connectivity index is -0.000000105. The van der Waals surface area contributed by atoms with Gasteiger partial charge in [0.1, 0.15) is 13.6 Å². The molecule has 10 nitrogen and oxygen atoms in total. The first kappa shape index (κ1) is 50.4. The molecule has 1 saturated heterocycles. The maximum Gasteiger partial charge on any atom is 2.00 e. The van der Waals surface area contributed by atoms with Gasteiger partial charge in [0, 0.05) is 73.3 Å².